The molecule has 0 atom stereocenters. The van der Waals surface area contributed by atoms with Crippen LogP contribution < -0.4 is 5.32 Å². The lowest BCUT2D eigenvalue weighted by Gasteiger charge is -2.07. The van der Waals surface area contributed by atoms with Crippen LogP contribution in [0.5, 0.6) is 0 Å². The van der Waals surface area contributed by atoms with Gasteiger partial charge in [-0.3, -0.25) is 0 Å². The summed E-state index contributed by atoms with van der Waals surface area (Å²) in [6, 6.07) is 1.70. The Kier molecular flexibility index (Phi) is 4.08. The predicted octanol–water partition coefficient (Wildman–Crippen LogP) is 4.30. The fourth-order valence-corrected chi connectivity index (χ4v) is 2.30. The minimum atomic E-state index is 0.564. The fraction of sp³-hybridized carbons (Fsp3) is 0.417. The van der Waals surface area contributed by atoms with Gasteiger partial charge in [0.1, 0.15) is 5.82 Å². The standard InChI is InChI=1S/C12H14Cl2N2/c13-10-7-11(14)12(16-8-10)15-6-5-9-3-1-2-4-9/h3,7-8H,1-2,4-6H2,(H,15,16). The summed E-state index contributed by atoms with van der Waals surface area (Å²) in [5.74, 6) is 0.713. The van der Waals surface area contributed by atoms with Crippen molar-refractivity contribution in [1.29, 1.82) is 0 Å². The van der Waals surface area contributed by atoms with E-state index in [0.717, 1.165) is 13.0 Å². The second kappa shape index (κ2) is 5.55. The molecule has 0 unspecified atom stereocenters. The van der Waals surface area contributed by atoms with Gasteiger partial charge in [0.2, 0.25) is 0 Å². The number of aromatic nitrogens is 1. The molecule has 0 bridgehead atoms. The number of hydrogen-bond acceptors (Lipinski definition) is 2. The van der Waals surface area contributed by atoms with Crippen LogP contribution in [0, 0.1) is 0 Å². The Morgan fingerprint density at radius 2 is 2.25 bits per heavy atom. The van der Waals surface area contributed by atoms with Crippen LogP contribution in [0.1, 0.15) is 25.7 Å². The molecule has 0 aromatic carbocycles. The third kappa shape index (κ3) is 3.13. The second-order valence-corrected chi connectivity index (χ2v) is 4.76. The van der Waals surface area contributed by atoms with Crippen molar-refractivity contribution < 1.29 is 0 Å². The number of nitrogens with one attached hydrogen (secondary N) is 1. The Labute approximate surface area is 106 Å². The lowest BCUT2D eigenvalue weighted by atomic mass is 10.2. The molecule has 0 fully saturated rings. The van der Waals surface area contributed by atoms with Crippen molar-refractivity contribution in [2.75, 3.05) is 11.9 Å². The molecular formula is C12H14Cl2N2. The molecular weight excluding hydrogens is 243 g/mol. The molecule has 1 heterocycles. The van der Waals surface area contributed by atoms with E-state index in [4.69, 9.17) is 23.2 Å². The van der Waals surface area contributed by atoms with Crippen LogP contribution in [-0.2, 0) is 0 Å². The number of allylic oxidation sites excluding steroid dienone is 1. The van der Waals surface area contributed by atoms with Gasteiger partial charge in [0.25, 0.3) is 0 Å². The topological polar surface area (TPSA) is 24.9 Å². The average molecular weight is 257 g/mol. The number of pyridine rings is 1. The molecule has 1 N–H and O–H groups in total. The third-order valence-electron chi connectivity index (χ3n) is 2.68. The molecule has 1 aromatic heterocycles. The molecule has 2 nitrogen and oxygen atoms in total. The first-order valence-corrected chi connectivity index (χ1v) is 6.24. The van der Waals surface area contributed by atoms with Gasteiger partial charge in [0.15, 0.2) is 0 Å². The van der Waals surface area contributed by atoms with Gasteiger partial charge in [-0.05, 0) is 31.7 Å². The Morgan fingerprint density at radius 3 is 2.94 bits per heavy atom. The first-order valence-electron chi connectivity index (χ1n) is 5.48. The van der Waals surface area contributed by atoms with Crippen molar-refractivity contribution in [1.82, 2.24) is 4.98 Å². The van der Waals surface area contributed by atoms with Crippen LogP contribution >= 0.6 is 23.2 Å². The van der Waals surface area contributed by atoms with Crippen LogP contribution in [0.25, 0.3) is 0 Å². The summed E-state index contributed by atoms with van der Waals surface area (Å²) in [6.45, 7) is 0.875. The summed E-state index contributed by atoms with van der Waals surface area (Å²) >= 11 is 11.8. The van der Waals surface area contributed by atoms with Gasteiger partial charge in [-0.25, -0.2) is 4.98 Å². The van der Waals surface area contributed by atoms with Gasteiger partial charge >= 0.3 is 0 Å². The van der Waals surface area contributed by atoms with Gasteiger partial charge in [0.05, 0.1) is 10.0 Å². The van der Waals surface area contributed by atoms with Crippen molar-refractivity contribution in [3.8, 4) is 0 Å². The highest BCUT2D eigenvalue weighted by atomic mass is 35.5. The van der Waals surface area contributed by atoms with Crippen LogP contribution in [0.4, 0.5) is 5.82 Å². The highest BCUT2D eigenvalue weighted by Crippen LogP contribution is 2.24. The molecule has 0 radical (unpaired) electrons. The van der Waals surface area contributed by atoms with E-state index in [1.165, 1.54) is 24.8 Å². The maximum atomic E-state index is 6.00. The zero-order valence-electron chi connectivity index (χ0n) is 8.97. The van der Waals surface area contributed by atoms with Crippen molar-refractivity contribution in [2.24, 2.45) is 0 Å². The Bertz CT molecular complexity index is 402. The van der Waals surface area contributed by atoms with Gasteiger partial charge in [-0.15, -0.1) is 0 Å². The van der Waals surface area contributed by atoms with E-state index in [-0.39, 0.29) is 0 Å². The van der Waals surface area contributed by atoms with Crippen molar-refractivity contribution in [2.45, 2.75) is 25.7 Å². The van der Waals surface area contributed by atoms with E-state index in [1.807, 2.05) is 0 Å². The molecule has 0 saturated carbocycles. The molecule has 0 spiro atoms. The lowest BCUT2D eigenvalue weighted by molar-refractivity contribution is 0.862. The largest absolute Gasteiger partial charge is 0.369 e. The number of nitrogens with zero attached hydrogens (tertiary/aromatic N) is 1. The van der Waals surface area contributed by atoms with E-state index >= 15 is 0 Å². The molecule has 0 saturated heterocycles. The SMILES string of the molecule is Clc1cnc(NCCC2=CCCC2)c(Cl)c1. The van der Waals surface area contributed by atoms with Crippen molar-refractivity contribution in [3.05, 3.63) is 34.0 Å². The Morgan fingerprint density at radius 1 is 1.38 bits per heavy atom. The highest BCUT2D eigenvalue weighted by Gasteiger charge is 2.05. The van der Waals surface area contributed by atoms with E-state index in [9.17, 15) is 0 Å². The molecule has 1 aromatic rings. The van der Waals surface area contributed by atoms with Crippen molar-refractivity contribution >= 4 is 29.0 Å². The molecule has 1 aliphatic rings. The molecule has 86 valence electrons. The number of anilines is 1. The average Bonchev–Trinajstić information content (AvgIpc) is 2.74. The number of hydrogen-bond donors (Lipinski definition) is 1. The first kappa shape index (κ1) is 11.7. The number of rotatable bonds is 4. The summed E-state index contributed by atoms with van der Waals surface area (Å²) in [5.41, 5.74) is 1.54. The summed E-state index contributed by atoms with van der Waals surface area (Å²) in [4.78, 5) is 4.15. The molecule has 4 heteroatoms. The summed E-state index contributed by atoms with van der Waals surface area (Å²) in [5, 5.41) is 4.37. The van der Waals surface area contributed by atoms with E-state index in [1.54, 1.807) is 12.3 Å². The van der Waals surface area contributed by atoms with Gasteiger partial charge < -0.3 is 5.32 Å². The fourth-order valence-electron chi connectivity index (χ4n) is 1.85. The summed E-state index contributed by atoms with van der Waals surface area (Å²) in [6.07, 6.45) is 8.78. The lowest BCUT2D eigenvalue weighted by Crippen LogP contribution is -2.04. The summed E-state index contributed by atoms with van der Waals surface area (Å²) in [7, 11) is 0. The third-order valence-corrected chi connectivity index (χ3v) is 3.18. The normalized spacial score (nSPS) is 15.0. The van der Waals surface area contributed by atoms with E-state index in [2.05, 4.69) is 16.4 Å². The van der Waals surface area contributed by atoms with E-state index < -0.39 is 0 Å². The second-order valence-electron chi connectivity index (χ2n) is 3.92. The van der Waals surface area contributed by atoms with Gasteiger partial charge in [-0.1, -0.05) is 34.9 Å². The predicted molar refractivity (Wildman–Crippen MR) is 69.3 cm³/mol. The minimum Gasteiger partial charge on any atom is -0.369 e. The smallest absolute Gasteiger partial charge is 0.144 e. The molecule has 16 heavy (non-hydrogen) atoms. The van der Waals surface area contributed by atoms with Crippen LogP contribution in [0.2, 0.25) is 10.0 Å². The Hall–Kier alpha value is -0.730. The molecule has 0 amide bonds. The maximum absolute atomic E-state index is 6.00. The first-order chi connectivity index (χ1) is 7.75. The summed E-state index contributed by atoms with van der Waals surface area (Å²) < 4.78 is 0. The highest BCUT2D eigenvalue weighted by molar-refractivity contribution is 6.35. The Balaban J connectivity index is 1.84. The number of halogens is 2. The van der Waals surface area contributed by atoms with Crippen LogP contribution in [0.15, 0.2) is 23.9 Å². The molecule has 2 rings (SSSR count). The van der Waals surface area contributed by atoms with Gasteiger partial charge in [-0.2, -0.15) is 0 Å². The zero-order chi connectivity index (χ0) is 11.4. The van der Waals surface area contributed by atoms with E-state index in [0.29, 0.717) is 15.9 Å². The molecule has 0 aliphatic heterocycles. The maximum Gasteiger partial charge on any atom is 0.144 e. The van der Waals surface area contributed by atoms with Crippen molar-refractivity contribution in [3.63, 3.8) is 0 Å². The quantitative estimate of drug-likeness (QED) is 0.813. The van der Waals surface area contributed by atoms with Crippen LogP contribution in [0.3, 0.4) is 0 Å². The van der Waals surface area contributed by atoms with Crippen LogP contribution in [-0.4, -0.2) is 11.5 Å². The van der Waals surface area contributed by atoms with Gasteiger partial charge in [0, 0.05) is 12.7 Å². The molecule has 1 aliphatic carbocycles. The zero-order valence-corrected chi connectivity index (χ0v) is 10.5. The monoisotopic (exact) mass is 256 g/mol. The minimum absolute atomic E-state index is 0.564.